The van der Waals surface area contributed by atoms with Crippen LogP contribution in [0.4, 0.5) is 11.4 Å². The van der Waals surface area contributed by atoms with Crippen LogP contribution in [-0.4, -0.2) is 64.8 Å². The fourth-order valence-corrected chi connectivity index (χ4v) is 4.80. The molecule has 0 unspecified atom stereocenters. The number of amides is 1. The molecule has 0 spiro atoms. The molecule has 0 radical (unpaired) electrons. The summed E-state index contributed by atoms with van der Waals surface area (Å²) in [6.07, 6.45) is 1.11. The van der Waals surface area contributed by atoms with Gasteiger partial charge in [0, 0.05) is 37.9 Å². The molecular weight excluding hydrogens is 390 g/mol. The van der Waals surface area contributed by atoms with Crippen molar-refractivity contribution in [3.8, 4) is 5.75 Å². The van der Waals surface area contributed by atoms with Crippen LogP contribution in [-0.2, 0) is 14.8 Å². The predicted molar refractivity (Wildman–Crippen MR) is 115 cm³/mol. The summed E-state index contributed by atoms with van der Waals surface area (Å²) in [4.78, 5) is 17.1. The van der Waals surface area contributed by atoms with E-state index in [9.17, 15) is 13.2 Å². The van der Waals surface area contributed by atoms with Crippen molar-refractivity contribution in [1.82, 2.24) is 4.90 Å². The van der Waals surface area contributed by atoms with Crippen LogP contribution in [0.25, 0.3) is 0 Å². The average Bonchev–Trinajstić information content (AvgIpc) is 2.73. The number of anilines is 2. The summed E-state index contributed by atoms with van der Waals surface area (Å²) in [5.41, 5.74) is 1.54. The lowest BCUT2D eigenvalue weighted by molar-refractivity contribution is -0.132. The van der Waals surface area contributed by atoms with Crippen LogP contribution in [0.1, 0.15) is 6.92 Å². The lowest BCUT2D eigenvalue weighted by atomic mass is 10.2. The summed E-state index contributed by atoms with van der Waals surface area (Å²) in [5.74, 6) is 0.332. The Balaban J connectivity index is 1.75. The number of benzene rings is 2. The van der Waals surface area contributed by atoms with E-state index in [0.717, 1.165) is 11.9 Å². The third-order valence-corrected chi connectivity index (χ3v) is 6.33. The minimum Gasteiger partial charge on any atom is -0.497 e. The van der Waals surface area contributed by atoms with Crippen LogP contribution in [0.2, 0.25) is 0 Å². The van der Waals surface area contributed by atoms with Gasteiger partial charge in [-0.25, -0.2) is 8.42 Å². The van der Waals surface area contributed by atoms with E-state index in [4.69, 9.17) is 4.74 Å². The summed E-state index contributed by atoms with van der Waals surface area (Å²) in [6, 6.07) is 16.0. The van der Waals surface area contributed by atoms with Gasteiger partial charge >= 0.3 is 0 Å². The largest absolute Gasteiger partial charge is 0.497 e. The monoisotopic (exact) mass is 417 g/mol. The molecule has 1 heterocycles. The molecule has 156 valence electrons. The molecule has 7 nitrogen and oxygen atoms in total. The van der Waals surface area contributed by atoms with Crippen molar-refractivity contribution < 1.29 is 17.9 Å². The Morgan fingerprint density at radius 3 is 2.28 bits per heavy atom. The smallest absolute Gasteiger partial charge is 0.246 e. The molecule has 2 aromatic carbocycles. The molecule has 2 aromatic rings. The van der Waals surface area contributed by atoms with Gasteiger partial charge in [-0.15, -0.1) is 0 Å². The first-order valence-electron chi connectivity index (χ1n) is 9.53. The van der Waals surface area contributed by atoms with E-state index in [1.165, 1.54) is 11.4 Å². The van der Waals surface area contributed by atoms with E-state index in [0.29, 0.717) is 37.6 Å². The summed E-state index contributed by atoms with van der Waals surface area (Å²) in [7, 11) is -2.14. The molecule has 0 saturated carbocycles. The molecule has 1 fully saturated rings. The number of para-hydroxylation sites is 1. The van der Waals surface area contributed by atoms with Crippen molar-refractivity contribution in [2.75, 3.05) is 48.7 Å². The maximum Gasteiger partial charge on any atom is 0.246 e. The van der Waals surface area contributed by atoms with Gasteiger partial charge in [-0.3, -0.25) is 9.10 Å². The van der Waals surface area contributed by atoms with Crippen molar-refractivity contribution in [3.63, 3.8) is 0 Å². The first-order chi connectivity index (χ1) is 13.8. The Kier molecular flexibility index (Phi) is 6.32. The minimum absolute atomic E-state index is 0.203. The number of piperazine rings is 1. The van der Waals surface area contributed by atoms with E-state index < -0.39 is 16.1 Å². The number of carbonyl (C=O) groups is 1. The highest BCUT2D eigenvalue weighted by Gasteiger charge is 2.33. The number of sulfonamides is 1. The van der Waals surface area contributed by atoms with Crippen molar-refractivity contribution in [3.05, 3.63) is 54.6 Å². The van der Waals surface area contributed by atoms with Gasteiger partial charge in [-0.05, 0) is 31.2 Å². The minimum atomic E-state index is -3.66. The van der Waals surface area contributed by atoms with Gasteiger partial charge in [0.2, 0.25) is 15.9 Å². The number of ether oxygens (including phenoxy) is 1. The van der Waals surface area contributed by atoms with E-state index in [1.54, 1.807) is 36.1 Å². The number of rotatable bonds is 6. The fraction of sp³-hybridized carbons (Fsp3) is 0.381. The highest BCUT2D eigenvalue weighted by atomic mass is 32.2. The normalized spacial score (nSPS) is 15.7. The number of nitrogens with zero attached hydrogens (tertiary/aromatic N) is 3. The SMILES string of the molecule is COc1cccc(N([C@@H](C)C(=O)N2CCN(c3ccccc3)CC2)S(C)(=O)=O)c1. The zero-order chi connectivity index (χ0) is 21.0. The van der Waals surface area contributed by atoms with Crippen molar-refractivity contribution >= 4 is 27.3 Å². The molecule has 0 aromatic heterocycles. The van der Waals surface area contributed by atoms with E-state index in [2.05, 4.69) is 4.90 Å². The maximum absolute atomic E-state index is 13.1. The standard InChI is InChI=1S/C21H27N3O4S/c1-17(24(29(3,26)27)19-10-7-11-20(16-19)28-2)21(25)23-14-12-22(13-15-23)18-8-5-4-6-9-18/h4-11,16-17H,12-15H2,1-3H3/t17-/m0/s1. The van der Waals surface area contributed by atoms with Crippen LogP contribution in [0.3, 0.4) is 0 Å². The third-order valence-electron chi connectivity index (χ3n) is 5.09. The van der Waals surface area contributed by atoms with Gasteiger partial charge in [-0.1, -0.05) is 24.3 Å². The van der Waals surface area contributed by atoms with Crippen LogP contribution >= 0.6 is 0 Å². The lowest BCUT2D eigenvalue weighted by Gasteiger charge is -2.39. The summed E-state index contributed by atoms with van der Waals surface area (Å²) in [5, 5.41) is 0. The molecule has 1 atom stereocenters. The van der Waals surface area contributed by atoms with Crippen molar-refractivity contribution in [2.45, 2.75) is 13.0 Å². The second-order valence-electron chi connectivity index (χ2n) is 7.08. The molecule has 0 bridgehead atoms. The fourth-order valence-electron chi connectivity index (χ4n) is 3.64. The summed E-state index contributed by atoms with van der Waals surface area (Å²) in [6.45, 7) is 4.15. The van der Waals surface area contributed by atoms with Crippen LogP contribution in [0.15, 0.2) is 54.6 Å². The predicted octanol–water partition coefficient (Wildman–Crippen LogP) is 2.20. The van der Waals surface area contributed by atoms with Crippen molar-refractivity contribution in [2.24, 2.45) is 0 Å². The van der Waals surface area contributed by atoms with E-state index in [-0.39, 0.29) is 5.91 Å². The van der Waals surface area contributed by atoms with Gasteiger partial charge in [0.1, 0.15) is 11.8 Å². The van der Waals surface area contributed by atoms with Gasteiger partial charge in [-0.2, -0.15) is 0 Å². The van der Waals surface area contributed by atoms with Crippen LogP contribution in [0.5, 0.6) is 5.75 Å². The first-order valence-corrected chi connectivity index (χ1v) is 11.4. The van der Waals surface area contributed by atoms with E-state index >= 15 is 0 Å². The molecule has 0 N–H and O–H groups in total. The summed E-state index contributed by atoms with van der Waals surface area (Å²) >= 11 is 0. The molecule has 3 rings (SSSR count). The van der Waals surface area contributed by atoms with Crippen LogP contribution in [0, 0.1) is 0 Å². The maximum atomic E-state index is 13.1. The van der Waals surface area contributed by atoms with Gasteiger partial charge in [0.05, 0.1) is 19.1 Å². The molecule has 1 saturated heterocycles. The van der Waals surface area contributed by atoms with Gasteiger partial charge in [0.25, 0.3) is 0 Å². The third kappa shape index (κ3) is 4.82. The molecule has 1 aliphatic rings. The first kappa shape index (κ1) is 21.0. The van der Waals surface area contributed by atoms with Crippen LogP contribution < -0.4 is 13.9 Å². The molecule has 1 aliphatic heterocycles. The lowest BCUT2D eigenvalue weighted by Crippen LogP contribution is -2.55. The highest BCUT2D eigenvalue weighted by molar-refractivity contribution is 7.92. The second-order valence-corrected chi connectivity index (χ2v) is 8.94. The number of hydrogen-bond donors (Lipinski definition) is 0. The van der Waals surface area contributed by atoms with Gasteiger partial charge in [0.15, 0.2) is 0 Å². The zero-order valence-electron chi connectivity index (χ0n) is 17.0. The quantitative estimate of drug-likeness (QED) is 0.721. The Morgan fingerprint density at radius 1 is 1.03 bits per heavy atom. The van der Waals surface area contributed by atoms with Gasteiger partial charge < -0.3 is 14.5 Å². The molecule has 29 heavy (non-hydrogen) atoms. The average molecular weight is 418 g/mol. The molecule has 8 heteroatoms. The number of hydrogen-bond acceptors (Lipinski definition) is 5. The zero-order valence-corrected chi connectivity index (χ0v) is 17.8. The topological polar surface area (TPSA) is 70.2 Å². The molecule has 0 aliphatic carbocycles. The Hall–Kier alpha value is -2.74. The number of carbonyl (C=O) groups excluding carboxylic acids is 1. The Morgan fingerprint density at radius 2 is 1.69 bits per heavy atom. The Bertz CT molecular complexity index is 941. The molecule has 1 amide bonds. The second kappa shape index (κ2) is 8.73. The van der Waals surface area contributed by atoms with E-state index in [1.807, 2.05) is 30.3 Å². The summed E-state index contributed by atoms with van der Waals surface area (Å²) < 4.78 is 31.4. The Labute approximate surface area is 172 Å². The number of methoxy groups -OCH3 is 1. The molecular formula is C21H27N3O4S. The van der Waals surface area contributed by atoms with Crippen molar-refractivity contribution in [1.29, 1.82) is 0 Å². The highest BCUT2D eigenvalue weighted by Crippen LogP contribution is 2.26.